The minimum atomic E-state index is 0.354. The third kappa shape index (κ3) is 6.07. The maximum atomic E-state index is 11.2. The summed E-state index contributed by atoms with van der Waals surface area (Å²) in [7, 11) is 2.20. The molecule has 0 N–H and O–H groups in total. The summed E-state index contributed by atoms with van der Waals surface area (Å²) in [6, 6.07) is 1.32. The maximum absolute atomic E-state index is 11.2. The van der Waals surface area contributed by atoms with Crippen molar-refractivity contribution < 1.29 is 4.79 Å². The number of carbonyl (C=O) groups excluding carboxylic acids is 1. The van der Waals surface area contributed by atoms with Gasteiger partial charge in [0, 0.05) is 18.0 Å². The molecule has 0 aromatic rings. The standard InChI is InChI=1S/C12H23NO.C5H10/c1-9(2)13(4)12-7-5-11(6-8-12)10(3)14;1-2-4-5-3-1/h9,11-12H,5-8H2,1-4H3;1-5H2. The third-order valence-electron chi connectivity index (χ3n) is 4.91. The smallest absolute Gasteiger partial charge is 0.132 e. The average Bonchev–Trinajstić information content (AvgIpc) is 2.97. The minimum Gasteiger partial charge on any atom is -0.301 e. The SMILES string of the molecule is C1CCCC1.CC(=O)C1CCC(N(C)C(C)C)CC1. The first-order chi connectivity index (χ1) is 9.02. The topological polar surface area (TPSA) is 20.3 Å². The Labute approximate surface area is 119 Å². The van der Waals surface area contributed by atoms with Crippen LogP contribution in [-0.2, 0) is 4.79 Å². The molecule has 2 aliphatic rings. The van der Waals surface area contributed by atoms with Gasteiger partial charge in [0.25, 0.3) is 0 Å². The fourth-order valence-electron chi connectivity index (χ4n) is 3.20. The summed E-state index contributed by atoms with van der Waals surface area (Å²) >= 11 is 0. The van der Waals surface area contributed by atoms with Gasteiger partial charge in [0.15, 0.2) is 0 Å². The number of hydrogen-bond acceptors (Lipinski definition) is 2. The average molecular weight is 267 g/mol. The molecule has 2 aliphatic carbocycles. The van der Waals surface area contributed by atoms with Gasteiger partial charge in [-0.2, -0.15) is 0 Å². The first-order valence-electron chi connectivity index (χ1n) is 8.24. The fourth-order valence-corrected chi connectivity index (χ4v) is 3.20. The zero-order valence-corrected chi connectivity index (χ0v) is 13.5. The Hall–Kier alpha value is -0.370. The highest BCUT2D eigenvalue weighted by Crippen LogP contribution is 2.28. The van der Waals surface area contributed by atoms with Crippen LogP contribution in [0.3, 0.4) is 0 Å². The number of hydrogen-bond donors (Lipinski definition) is 0. The van der Waals surface area contributed by atoms with Crippen molar-refractivity contribution in [1.29, 1.82) is 0 Å². The highest BCUT2D eigenvalue weighted by molar-refractivity contribution is 5.78. The molecule has 2 nitrogen and oxygen atoms in total. The molecule has 0 aliphatic heterocycles. The lowest BCUT2D eigenvalue weighted by molar-refractivity contribution is -0.122. The molecule has 0 bridgehead atoms. The molecule has 2 fully saturated rings. The minimum absolute atomic E-state index is 0.354. The van der Waals surface area contributed by atoms with E-state index < -0.39 is 0 Å². The quantitative estimate of drug-likeness (QED) is 0.754. The Kier molecular flexibility index (Phi) is 7.67. The summed E-state index contributed by atoms with van der Waals surface area (Å²) < 4.78 is 0. The van der Waals surface area contributed by atoms with Crippen LogP contribution in [0.2, 0.25) is 0 Å². The lowest BCUT2D eigenvalue weighted by Gasteiger charge is -2.36. The summed E-state index contributed by atoms with van der Waals surface area (Å²) in [6.07, 6.45) is 12.1. The summed E-state index contributed by atoms with van der Waals surface area (Å²) in [5.41, 5.74) is 0. The van der Waals surface area contributed by atoms with E-state index in [4.69, 9.17) is 0 Å². The Morgan fingerprint density at radius 3 is 1.68 bits per heavy atom. The van der Waals surface area contributed by atoms with Gasteiger partial charge >= 0.3 is 0 Å². The molecule has 0 atom stereocenters. The van der Waals surface area contributed by atoms with Gasteiger partial charge in [0.1, 0.15) is 5.78 Å². The van der Waals surface area contributed by atoms with E-state index in [9.17, 15) is 4.79 Å². The van der Waals surface area contributed by atoms with Crippen molar-refractivity contribution in [3.63, 3.8) is 0 Å². The molecule has 19 heavy (non-hydrogen) atoms. The van der Waals surface area contributed by atoms with Crippen LogP contribution >= 0.6 is 0 Å². The van der Waals surface area contributed by atoms with Crippen LogP contribution in [-0.4, -0.2) is 29.8 Å². The highest BCUT2D eigenvalue weighted by atomic mass is 16.1. The van der Waals surface area contributed by atoms with E-state index in [0.717, 1.165) is 12.8 Å². The van der Waals surface area contributed by atoms with E-state index >= 15 is 0 Å². The predicted molar refractivity (Wildman–Crippen MR) is 82.4 cm³/mol. The Morgan fingerprint density at radius 1 is 0.947 bits per heavy atom. The van der Waals surface area contributed by atoms with Crippen LogP contribution in [0.25, 0.3) is 0 Å². The van der Waals surface area contributed by atoms with Gasteiger partial charge < -0.3 is 4.90 Å². The molecule has 2 rings (SSSR count). The second kappa shape index (κ2) is 8.73. The predicted octanol–water partition coefficient (Wildman–Crippen LogP) is 4.42. The van der Waals surface area contributed by atoms with Crippen LogP contribution in [0, 0.1) is 5.92 Å². The van der Waals surface area contributed by atoms with E-state index in [2.05, 4.69) is 25.8 Å². The summed E-state index contributed by atoms with van der Waals surface area (Å²) in [5.74, 6) is 0.738. The van der Waals surface area contributed by atoms with Crippen LogP contribution in [0.4, 0.5) is 0 Å². The number of nitrogens with zero attached hydrogens (tertiary/aromatic N) is 1. The van der Waals surface area contributed by atoms with E-state index in [0.29, 0.717) is 23.8 Å². The monoisotopic (exact) mass is 267 g/mol. The van der Waals surface area contributed by atoms with E-state index in [1.807, 2.05) is 0 Å². The number of ketones is 1. The molecule has 0 aromatic carbocycles. The summed E-state index contributed by atoms with van der Waals surface area (Å²) in [4.78, 5) is 13.6. The molecular weight excluding hydrogens is 234 g/mol. The van der Waals surface area contributed by atoms with E-state index in [1.165, 1.54) is 44.9 Å². The Morgan fingerprint density at radius 2 is 1.37 bits per heavy atom. The van der Waals surface area contributed by atoms with Crippen molar-refractivity contribution in [1.82, 2.24) is 4.90 Å². The normalized spacial score (nSPS) is 27.3. The van der Waals surface area contributed by atoms with Gasteiger partial charge in [0.05, 0.1) is 0 Å². The second-order valence-electron chi connectivity index (χ2n) is 6.64. The van der Waals surface area contributed by atoms with Gasteiger partial charge in [-0.25, -0.2) is 0 Å². The van der Waals surface area contributed by atoms with Crippen LogP contribution < -0.4 is 0 Å². The molecule has 112 valence electrons. The van der Waals surface area contributed by atoms with Crippen molar-refractivity contribution in [2.24, 2.45) is 5.92 Å². The molecule has 0 heterocycles. The van der Waals surface area contributed by atoms with Gasteiger partial charge in [-0.1, -0.05) is 32.1 Å². The van der Waals surface area contributed by atoms with Crippen molar-refractivity contribution in [3.8, 4) is 0 Å². The van der Waals surface area contributed by atoms with Crippen molar-refractivity contribution in [2.45, 2.75) is 90.6 Å². The molecule has 2 saturated carbocycles. The third-order valence-corrected chi connectivity index (χ3v) is 4.91. The maximum Gasteiger partial charge on any atom is 0.132 e. The van der Waals surface area contributed by atoms with Gasteiger partial charge in [-0.3, -0.25) is 4.79 Å². The van der Waals surface area contributed by atoms with E-state index in [-0.39, 0.29) is 0 Å². The van der Waals surface area contributed by atoms with Crippen molar-refractivity contribution in [3.05, 3.63) is 0 Å². The molecule has 0 spiro atoms. The molecule has 0 amide bonds. The Bertz CT molecular complexity index is 242. The zero-order valence-electron chi connectivity index (χ0n) is 13.5. The number of rotatable bonds is 3. The number of carbonyl (C=O) groups is 1. The lowest BCUT2D eigenvalue weighted by Crippen LogP contribution is -2.40. The molecular formula is C17H33NO. The molecule has 0 aromatic heterocycles. The van der Waals surface area contributed by atoms with Gasteiger partial charge in [0.2, 0.25) is 0 Å². The van der Waals surface area contributed by atoms with Gasteiger partial charge in [-0.05, 0) is 53.5 Å². The molecule has 0 saturated heterocycles. The van der Waals surface area contributed by atoms with Gasteiger partial charge in [-0.15, -0.1) is 0 Å². The summed E-state index contributed by atoms with van der Waals surface area (Å²) in [6.45, 7) is 6.20. The van der Waals surface area contributed by atoms with Crippen molar-refractivity contribution >= 4 is 5.78 Å². The Balaban J connectivity index is 0.000000300. The zero-order chi connectivity index (χ0) is 14.3. The van der Waals surface area contributed by atoms with Crippen LogP contribution in [0.15, 0.2) is 0 Å². The largest absolute Gasteiger partial charge is 0.301 e. The molecule has 0 radical (unpaired) electrons. The molecule has 0 unspecified atom stereocenters. The summed E-state index contributed by atoms with van der Waals surface area (Å²) in [5, 5.41) is 0. The first kappa shape index (κ1) is 16.7. The fraction of sp³-hybridized carbons (Fsp3) is 0.941. The van der Waals surface area contributed by atoms with E-state index in [1.54, 1.807) is 6.92 Å². The van der Waals surface area contributed by atoms with Crippen LogP contribution in [0.5, 0.6) is 0 Å². The highest BCUT2D eigenvalue weighted by Gasteiger charge is 2.26. The first-order valence-corrected chi connectivity index (χ1v) is 8.24. The number of Topliss-reactive ketones (excluding diaryl/α,β-unsaturated/α-hetero) is 1. The van der Waals surface area contributed by atoms with Crippen LogP contribution in [0.1, 0.15) is 78.6 Å². The molecule has 2 heteroatoms. The lowest BCUT2D eigenvalue weighted by atomic mass is 9.83. The second-order valence-corrected chi connectivity index (χ2v) is 6.64. The van der Waals surface area contributed by atoms with Crippen molar-refractivity contribution in [2.75, 3.05) is 7.05 Å².